The Morgan fingerprint density at radius 3 is 2.80 bits per heavy atom. The number of halogens is 2. The minimum absolute atomic E-state index is 0.0173. The van der Waals surface area contributed by atoms with Gasteiger partial charge in [-0.1, -0.05) is 23.7 Å². The maximum atomic E-state index is 13.7. The first kappa shape index (κ1) is 14.3. The van der Waals surface area contributed by atoms with E-state index >= 15 is 0 Å². The zero-order valence-electron chi connectivity index (χ0n) is 10.8. The molecular formula is C15H13ClFNO2. The predicted molar refractivity (Wildman–Crippen MR) is 76.6 cm³/mol. The van der Waals surface area contributed by atoms with Crippen LogP contribution in [0, 0.1) is 5.82 Å². The van der Waals surface area contributed by atoms with Crippen molar-refractivity contribution >= 4 is 23.1 Å². The summed E-state index contributed by atoms with van der Waals surface area (Å²) < 4.78 is 19.2. The van der Waals surface area contributed by atoms with Gasteiger partial charge < -0.3 is 10.5 Å². The lowest BCUT2D eigenvalue weighted by molar-refractivity contribution is 0.101. The van der Waals surface area contributed by atoms with E-state index in [0.717, 1.165) is 0 Å². The van der Waals surface area contributed by atoms with Crippen molar-refractivity contribution in [3.63, 3.8) is 0 Å². The van der Waals surface area contributed by atoms with Crippen LogP contribution < -0.4 is 10.5 Å². The second kappa shape index (κ2) is 5.92. The van der Waals surface area contributed by atoms with Gasteiger partial charge in [0.25, 0.3) is 0 Å². The molecule has 0 atom stereocenters. The van der Waals surface area contributed by atoms with E-state index < -0.39 is 5.82 Å². The molecule has 0 saturated carbocycles. The molecule has 2 aromatic rings. The number of ether oxygens (including phenoxy) is 1. The van der Waals surface area contributed by atoms with Crippen molar-refractivity contribution < 1.29 is 13.9 Å². The molecule has 0 radical (unpaired) electrons. The lowest BCUT2D eigenvalue weighted by atomic mass is 10.1. The monoisotopic (exact) mass is 293 g/mol. The van der Waals surface area contributed by atoms with Crippen LogP contribution in [0.15, 0.2) is 36.4 Å². The van der Waals surface area contributed by atoms with E-state index in [0.29, 0.717) is 22.6 Å². The van der Waals surface area contributed by atoms with Crippen LogP contribution in [0.3, 0.4) is 0 Å². The first-order chi connectivity index (χ1) is 9.49. The van der Waals surface area contributed by atoms with Crippen LogP contribution in [0.4, 0.5) is 10.1 Å². The molecule has 5 heteroatoms. The van der Waals surface area contributed by atoms with Crippen molar-refractivity contribution in [1.29, 1.82) is 0 Å². The molecule has 0 aromatic heterocycles. The van der Waals surface area contributed by atoms with Crippen LogP contribution in [0.25, 0.3) is 0 Å². The van der Waals surface area contributed by atoms with E-state index in [-0.39, 0.29) is 17.4 Å². The van der Waals surface area contributed by atoms with Crippen molar-refractivity contribution in [1.82, 2.24) is 0 Å². The molecule has 0 aliphatic carbocycles. The third kappa shape index (κ3) is 3.08. The zero-order chi connectivity index (χ0) is 14.7. The molecule has 2 N–H and O–H groups in total. The summed E-state index contributed by atoms with van der Waals surface area (Å²) in [5.74, 6) is -0.320. The topological polar surface area (TPSA) is 52.3 Å². The molecule has 0 unspecified atom stereocenters. The first-order valence-electron chi connectivity index (χ1n) is 5.95. The quantitative estimate of drug-likeness (QED) is 0.688. The summed E-state index contributed by atoms with van der Waals surface area (Å²) in [5, 5.41) is 0.0372. The number of Topliss-reactive ketones (excluding diaryl/α,β-unsaturated/α-hetero) is 1. The lowest BCUT2D eigenvalue weighted by Crippen LogP contribution is -2.04. The molecule has 0 fully saturated rings. The molecule has 2 rings (SSSR count). The van der Waals surface area contributed by atoms with Gasteiger partial charge in [-0.15, -0.1) is 0 Å². The SMILES string of the molecule is CC(=O)c1cc(N)ccc1OCc1cccc(Cl)c1F. The van der Waals surface area contributed by atoms with E-state index in [4.69, 9.17) is 22.1 Å². The van der Waals surface area contributed by atoms with E-state index in [9.17, 15) is 9.18 Å². The number of anilines is 1. The summed E-state index contributed by atoms with van der Waals surface area (Å²) in [6, 6.07) is 9.42. The number of carbonyl (C=O) groups excluding carboxylic acids is 1. The van der Waals surface area contributed by atoms with Gasteiger partial charge >= 0.3 is 0 Å². The second-order valence-electron chi connectivity index (χ2n) is 4.31. The Morgan fingerprint density at radius 2 is 2.10 bits per heavy atom. The highest BCUT2D eigenvalue weighted by atomic mass is 35.5. The Labute approximate surface area is 121 Å². The van der Waals surface area contributed by atoms with E-state index in [2.05, 4.69) is 0 Å². The van der Waals surface area contributed by atoms with Crippen LogP contribution in [0.2, 0.25) is 5.02 Å². The average molecular weight is 294 g/mol. The van der Waals surface area contributed by atoms with Crippen molar-refractivity contribution in [3.8, 4) is 5.75 Å². The van der Waals surface area contributed by atoms with Crippen LogP contribution in [-0.4, -0.2) is 5.78 Å². The van der Waals surface area contributed by atoms with Gasteiger partial charge in [-0.25, -0.2) is 4.39 Å². The van der Waals surface area contributed by atoms with Crippen LogP contribution in [0.1, 0.15) is 22.8 Å². The molecule has 0 saturated heterocycles. The molecule has 3 nitrogen and oxygen atoms in total. The minimum Gasteiger partial charge on any atom is -0.488 e. The number of rotatable bonds is 4. The normalized spacial score (nSPS) is 10.3. The van der Waals surface area contributed by atoms with Gasteiger partial charge in [0.1, 0.15) is 18.2 Å². The van der Waals surface area contributed by atoms with Crippen LogP contribution in [0.5, 0.6) is 5.75 Å². The number of benzene rings is 2. The highest BCUT2D eigenvalue weighted by molar-refractivity contribution is 6.30. The number of carbonyl (C=O) groups is 1. The Bertz CT molecular complexity index is 658. The molecule has 0 amide bonds. The lowest BCUT2D eigenvalue weighted by Gasteiger charge is -2.11. The predicted octanol–water partition coefficient (Wildman–Crippen LogP) is 3.84. The molecule has 104 valence electrons. The molecule has 0 spiro atoms. The highest BCUT2D eigenvalue weighted by Gasteiger charge is 2.11. The van der Waals surface area contributed by atoms with E-state index in [1.165, 1.54) is 19.1 Å². The largest absolute Gasteiger partial charge is 0.488 e. The molecule has 0 bridgehead atoms. The van der Waals surface area contributed by atoms with Crippen molar-refractivity contribution in [2.45, 2.75) is 13.5 Å². The smallest absolute Gasteiger partial charge is 0.163 e. The summed E-state index contributed by atoms with van der Waals surface area (Å²) >= 11 is 5.70. The molecular weight excluding hydrogens is 281 g/mol. The number of hydrogen-bond donors (Lipinski definition) is 1. The highest BCUT2D eigenvalue weighted by Crippen LogP contribution is 2.24. The minimum atomic E-state index is -0.519. The maximum absolute atomic E-state index is 13.7. The summed E-state index contributed by atoms with van der Waals surface area (Å²) in [6.45, 7) is 1.40. The van der Waals surface area contributed by atoms with E-state index in [1.54, 1.807) is 24.3 Å². The molecule has 20 heavy (non-hydrogen) atoms. The van der Waals surface area contributed by atoms with Gasteiger partial charge in [0.2, 0.25) is 0 Å². The van der Waals surface area contributed by atoms with Crippen LogP contribution in [-0.2, 0) is 6.61 Å². The zero-order valence-corrected chi connectivity index (χ0v) is 11.6. The standard InChI is InChI=1S/C15H13ClFNO2/c1-9(19)12-7-11(18)5-6-14(12)20-8-10-3-2-4-13(16)15(10)17/h2-7H,8,18H2,1H3. The third-order valence-electron chi connectivity index (χ3n) is 2.80. The first-order valence-corrected chi connectivity index (χ1v) is 6.33. The number of hydrogen-bond acceptors (Lipinski definition) is 3. The molecule has 0 heterocycles. The van der Waals surface area contributed by atoms with Gasteiger partial charge in [0, 0.05) is 11.3 Å². The fourth-order valence-corrected chi connectivity index (χ4v) is 1.96. The summed E-state index contributed by atoms with van der Waals surface area (Å²) in [6.07, 6.45) is 0. The van der Waals surface area contributed by atoms with Crippen LogP contribution >= 0.6 is 11.6 Å². The van der Waals surface area contributed by atoms with Gasteiger partial charge in [0.05, 0.1) is 10.6 Å². The Balaban J connectivity index is 2.23. The Morgan fingerprint density at radius 1 is 1.35 bits per heavy atom. The Hall–Kier alpha value is -2.07. The van der Waals surface area contributed by atoms with E-state index in [1.807, 2.05) is 0 Å². The maximum Gasteiger partial charge on any atom is 0.163 e. The summed E-state index contributed by atoms with van der Waals surface area (Å²) in [7, 11) is 0. The molecule has 0 aliphatic heterocycles. The average Bonchev–Trinajstić information content (AvgIpc) is 2.41. The van der Waals surface area contributed by atoms with Gasteiger partial charge in [-0.3, -0.25) is 4.79 Å². The molecule has 2 aromatic carbocycles. The van der Waals surface area contributed by atoms with Crippen molar-refractivity contribution in [3.05, 3.63) is 58.4 Å². The third-order valence-corrected chi connectivity index (χ3v) is 3.09. The number of ketones is 1. The molecule has 0 aliphatic rings. The number of nitrogen functional groups attached to an aromatic ring is 1. The van der Waals surface area contributed by atoms with Gasteiger partial charge in [-0.05, 0) is 31.2 Å². The van der Waals surface area contributed by atoms with Crippen molar-refractivity contribution in [2.24, 2.45) is 0 Å². The summed E-state index contributed by atoms with van der Waals surface area (Å²) in [5.41, 5.74) is 6.79. The van der Waals surface area contributed by atoms with Crippen molar-refractivity contribution in [2.75, 3.05) is 5.73 Å². The second-order valence-corrected chi connectivity index (χ2v) is 4.72. The Kier molecular flexibility index (Phi) is 4.25. The summed E-state index contributed by atoms with van der Waals surface area (Å²) in [4.78, 5) is 11.5. The number of nitrogens with two attached hydrogens (primary N) is 1. The fraction of sp³-hybridized carbons (Fsp3) is 0.133. The fourth-order valence-electron chi connectivity index (χ4n) is 1.76. The van der Waals surface area contributed by atoms with Gasteiger partial charge in [-0.2, -0.15) is 0 Å². The van der Waals surface area contributed by atoms with Gasteiger partial charge in [0.15, 0.2) is 5.78 Å².